The Morgan fingerprint density at radius 3 is 2.43 bits per heavy atom. The Morgan fingerprint density at radius 2 is 1.86 bits per heavy atom. The molecule has 0 saturated carbocycles. The van der Waals surface area contributed by atoms with Gasteiger partial charge in [-0.15, -0.1) is 5.11 Å². The largest absolute Gasteiger partial charge is 0.493 e. The van der Waals surface area contributed by atoms with Crippen molar-refractivity contribution in [1.29, 1.82) is 5.26 Å². The maximum absolute atomic E-state index is 12.7. The molecule has 0 aliphatic rings. The molecule has 200 valence electrons. The SMILES string of the molecule is CCCn1c(O)c(C#N)c(C)c(N=Nc2ccc(S(=O)(=O)NCCCOC(=O)C(C)(C)CC)cc2)c1=O. The molecule has 0 unspecified atom stereocenters. The van der Waals surface area contributed by atoms with Crippen molar-refractivity contribution in [3.05, 3.63) is 45.7 Å². The molecule has 1 aromatic carbocycles. The van der Waals surface area contributed by atoms with Gasteiger partial charge >= 0.3 is 5.97 Å². The third kappa shape index (κ3) is 7.24. The first-order valence-corrected chi connectivity index (χ1v) is 13.4. The van der Waals surface area contributed by atoms with Gasteiger partial charge in [-0.3, -0.25) is 14.2 Å². The number of pyridine rings is 1. The zero-order valence-corrected chi connectivity index (χ0v) is 22.6. The number of ether oxygens (including phenoxy) is 1. The van der Waals surface area contributed by atoms with Crippen LogP contribution in [0.15, 0.2) is 44.2 Å². The van der Waals surface area contributed by atoms with E-state index in [1.54, 1.807) is 13.8 Å². The van der Waals surface area contributed by atoms with Crippen LogP contribution in [-0.4, -0.2) is 37.2 Å². The topological polar surface area (TPSA) is 163 Å². The predicted octanol–water partition coefficient (Wildman–Crippen LogP) is 4.21. The molecule has 2 rings (SSSR count). The molecule has 2 N–H and O–H groups in total. The number of carbonyl (C=O) groups is 1. The van der Waals surface area contributed by atoms with Crippen molar-refractivity contribution in [2.45, 2.75) is 65.3 Å². The van der Waals surface area contributed by atoms with E-state index in [-0.39, 0.29) is 53.1 Å². The summed E-state index contributed by atoms with van der Waals surface area (Å²) in [6, 6.07) is 7.43. The van der Waals surface area contributed by atoms with Crippen molar-refractivity contribution in [2.24, 2.45) is 15.6 Å². The number of carbonyl (C=O) groups excluding carboxylic acids is 1. The molecule has 1 heterocycles. The lowest BCUT2D eigenvalue weighted by molar-refractivity contribution is -0.154. The van der Waals surface area contributed by atoms with Gasteiger partial charge in [-0.05, 0) is 64.3 Å². The van der Waals surface area contributed by atoms with E-state index in [1.165, 1.54) is 31.2 Å². The lowest BCUT2D eigenvalue weighted by Crippen LogP contribution is -2.28. The Hall–Kier alpha value is -3.56. The molecule has 0 fully saturated rings. The molecule has 11 nitrogen and oxygen atoms in total. The second-order valence-electron chi connectivity index (χ2n) is 9.06. The van der Waals surface area contributed by atoms with Crippen LogP contribution in [0.3, 0.4) is 0 Å². The number of aromatic nitrogens is 1. The van der Waals surface area contributed by atoms with Crippen LogP contribution in [0, 0.1) is 23.7 Å². The average molecular weight is 532 g/mol. The zero-order chi connectivity index (χ0) is 27.8. The van der Waals surface area contributed by atoms with Crippen LogP contribution < -0.4 is 10.3 Å². The highest BCUT2D eigenvalue weighted by Crippen LogP contribution is 2.27. The van der Waals surface area contributed by atoms with Gasteiger partial charge in [-0.2, -0.15) is 10.4 Å². The first kappa shape index (κ1) is 29.7. The Bertz CT molecular complexity index is 1360. The highest BCUT2D eigenvalue weighted by Gasteiger charge is 2.26. The molecule has 0 amide bonds. The molecular formula is C25H33N5O6S. The second-order valence-corrected chi connectivity index (χ2v) is 10.8. The van der Waals surface area contributed by atoms with Crippen LogP contribution >= 0.6 is 0 Å². The van der Waals surface area contributed by atoms with Crippen LogP contribution in [-0.2, 0) is 26.1 Å². The number of nitriles is 1. The highest BCUT2D eigenvalue weighted by atomic mass is 32.2. The van der Waals surface area contributed by atoms with E-state index in [4.69, 9.17) is 4.74 Å². The molecule has 0 aliphatic carbocycles. The third-order valence-corrected chi connectivity index (χ3v) is 7.39. The fourth-order valence-corrected chi connectivity index (χ4v) is 4.23. The number of sulfonamides is 1. The Balaban J connectivity index is 2.09. The summed E-state index contributed by atoms with van der Waals surface area (Å²) in [5.74, 6) is -0.728. The normalized spacial score (nSPS) is 12.0. The maximum Gasteiger partial charge on any atom is 0.311 e. The van der Waals surface area contributed by atoms with E-state index in [9.17, 15) is 28.4 Å². The number of nitrogens with zero attached hydrogens (tertiary/aromatic N) is 4. The summed E-state index contributed by atoms with van der Waals surface area (Å²) < 4.78 is 33.8. The van der Waals surface area contributed by atoms with Gasteiger partial charge in [0.2, 0.25) is 15.9 Å². The first-order chi connectivity index (χ1) is 17.4. The van der Waals surface area contributed by atoms with Crippen LogP contribution in [0.5, 0.6) is 5.88 Å². The summed E-state index contributed by atoms with van der Waals surface area (Å²) in [7, 11) is -3.80. The maximum atomic E-state index is 12.7. The summed E-state index contributed by atoms with van der Waals surface area (Å²) in [5.41, 5.74) is -0.802. The smallest absolute Gasteiger partial charge is 0.311 e. The number of rotatable bonds is 12. The Labute approximate surface area is 216 Å². The van der Waals surface area contributed by atoms with Crippen molar-refractivity contribution in [2.75, 3.05) is 13.2 Å². The number of azo groups is 1. The zero-order valence-electron chi connectivity index (χ0n) is 21.7. The first-order valence-electron chi connectivity index (χ1n) is 11.9. The van der Waals surface area contributed by atoms with Crippen molar-refractivity contribution in [1.82, 2.24) is 9.29 Å². The molecule has 12 heteroatoms. The lowest BCUT2D eigenvalue weighted by atomic mass is 9.91. The number of nitrogens with one attached hydrogen (secondary N) is 1. The minimum Gasteiger partial charge on any atom is -0.493 e. The summed E-state index contributed by atoms with van der Waals surface area (Å²) in [5, 5.41) is 27.6. The van der Waals surface area contributed by atoms with Crippen molar-refractivity contribution < 1.29 is 23.1 Å². The monoisotopic (exact) mass is 531 g/mol. The van der Waals surface area contributed by atoms with Gasteiger partial charge in [-0.1, -0.05) is 13.8 Å². The van der Waals surface area contributed by atoms with Crippen LogP contribution in [0.25, 0.3) is 0 Å². The van der Waals surface area contributed by atoms with E-state index < -0.39 is 26.9 Å². The lowest BCUT2D eigenvalue weighted by Gasteiger charge is -2.20. The number of benzene rings is 1. The number of hydrogen-bond acceptors (Lipinski definition) is 9. The fraction of sp³-hybridized carbons (Fsp3) is 0.480. The standard InChI is InChI=1S/C25H33N5O6S/c1-6-14-30-22(31)20(16-26)17(3)21(23(30)32)29-28-18-9-11-19(12-10-18)37(34,35)27-13-8-15-36-24(33)25(4,5)7-2/h9-12,27,31H,6-8,13-15H2,1-5H3. The molecule has 0 bridgehead atoms. The van der Waals surface area contributed by atoms with Crippen LogP contribution in [0.2, 0.25) is 0 Å². The molecule has 0 saturated heterocycles. The summed E-state index contributed by atoms with van der Waals surface area (Å²) in [6.07, 6.45) is 1.52. The predicted molar refractivity (Wildman–Crippen MR) is 138 cm³/mol. The molecule has 37 heavy (non-hydrogen) atoms. The number of esters is 1. The minimum absolute atomic E-state index is 0.00782. The Kier molecular flexibility index (Phi) is 10.1. The van der Waals surface area contributed by atoms with Gasteiger partial charge in [-0.25, -0.2) is 13.1 Å². The summed E-state index contributed by atoms with van der Waals surface area (Å²) in [6.45, 7) is 9.20. The van der Waals surface area contributed by atoms with Crippen LogP contribution in [0.4, 0.5) is 11.4 Å². The van der Waals surface area contributed by atoms with E-state index >= 15 is 0 Å². The van der Waals surface area contributed by atoms with Gasteiger partial charge < -0.3 is 9.84 Å². The van der Waals surface area contributed by atoms with Gasteiger partial charge in [0.25, 0.3) is 5.56 Å². The van der Waals surface area contributed by atoms with E-state index in [0.717, 1.165) is 4.57 Å². The van der Waals surface area contributed by atoms with E-state index in [0.29, 0.717) is 19.3 Å². The van der Waals surface area contributed by atoms with Crippen molar-refractivity contribution >= 4 is 27.4 Å². The van der Waals surface area contributed by atoms with Crippen molar-refractivity contribution in [3.63, 3.8) is 0 Å². The molecule has 0 spiro atoms. The van der Waals surface area contributed by atoms with Gasteiger partial charge in [0, 0.05) is 18.7 Å². The van der Waals surface area contributed by atoms with E-state index in [1.807, 2.05) is 19.9 Å². The molecule has 2 aromatic rings. The fourth-order valence-electron chi connectivity index (χ4n) is 3.15. The van der Waals surface area contributed by atoms with Gasteiger partial charge in [0.05, 0.1) is 22.6 Å². The van der Waals surface area contributed by atoms with Crippen LogP contribution in [0.1, 0.15) is 58.1 Å². The average Bonchev–Trinajstić information content (AvgIpc) is 2.86. The molecule has 0 radical (unpaired) electrons. The summed E-state index contributed by atoms with van der Waals surface area (Å²) in [4.78, 5) is 24.7. The summed E-state index contributed by atoms with van der Waals surface area (Å²) >= 11 is 0. The molecule has 0 atom stereocenters. The third-order valence-electron chi connectivity index (χ3n) is 5.91. The second kappa shape index (κ2) is 12.6. The Morgan fingerprint density at radius 1 is 1.22 bits per heavy atom. The van der Waals surface area contributed by atoms with Gasteiger partial charge in [0.15, 0.2) is 5.69 Å². The minimum atomic E-state index is -3.80. The van der Waals surface area contributed by atoms with E-state index in [2.05, 4.69) is 15.0 Å². The van der Waals surface area contributed by atoms with Gasteiger partial charge in [0.1, 0.15) is 11.6 Å². The highest BCUT2D eigenvalue weighted by molar-refractivity contribution is 7.89. The van der Waals surface area contributed by atoms with Crippen molar-refractivity contribution in [3.8, 4) is 11.9 Å². The number of hydrogen-bond donors (Lipinski definition) is 2. The molecular weight excluding hydrogens is 498 g/mol. The molecule has 1 aromatic heterocycles. The molecule has 0 aliphatic heterocycles. The number of aromatic hydroxyl groups is 1. The quantitative estimate of drug-likeness (QED) is 0.235.